The highest BCUT2D eigenvalue weighted by molar-refractivity contribution is 6.30. The minimum Gasteiger partial charge on any atom is -0.506 e. The van der Waals surface area contributed by atoms with Crippen LogP contribution in [0.4, 0.5) is 5.69 Å². The lowest BCUT2D eigenvalue weighted by Crippen LogP contribution is -2.34. The second kappa shape index (κ2) is 8.55. The van der Waals surface area contributed by atoms with Gasteiger partial charge in [-0.2, -0.15) is 5.10 Å². The van der Waals surface area contributed by atoms with E-state index in [0.29, 0.717) is 16.1 Å². The molecule has 0 saturated heterocycles. The van der Waals surface area contributed by atoms with Crippen molar-refractivity contribution in [2.75, 3.05) is 6.54 Å². The molecule has 3 N–H and O–H groups in total. The number of amides is 2. The van der Waals surface area contributed by atoms with Crippen molar-refractivity contribution in [1.82, 2.24) is 10.7 Å². The van der Waals surface area contributed by atoms with Gasteiger partial charge in [0.2, 0.25) is 0 Å². The molecule has 2 amide bonds. The second-order valence-corrected chi connectivity index (χ2v) is 5.26. The summed E-state index contributed by atoms with van der Waals surface area (Å²) in [4.78, 5) is 33.8. The summed E-state index contributed by atoms with van der Waals surface area (Å²) in [5.74, 6) is -1.24. The molecule has 2 rings (SSSR count). The van der Waals surface area contributed by atoms with Gasteiger partial charge in [-0.3, -0.25) is 9.59 Å². The lowest BCUT2D eigenvalue weighted by Gasteiger charge is -2.04. The van der Waals surface area contributed by atoms with Gasteiger partial charge in [-0.1, -0.05) is 17.7 Å². The van der Waals surface area contributed by atoms with Crippen molar-refractivity contribution in [3.8, 4) is 5.75 Å². The van der Waals surface area contributed by atoms with Crippen molar-refractivity contribution in [1.29, 1.82) is 0 Å². The van der Waals surface area contributed by atoms with Crippen LogP contribution in [-0.4, -0.2) is 29.7 Å². The Morgan fingerprint density at radius 3 is 2.52 bits per heavy atom. The number of hydrazone groups is 1. The number of aromatic hydroxyl groups is 1. The Morgan fingerprint density at radius 2 is 1.88 bits per heavy atom. The maximum absolute atomic E-state index is 11.8. The van der Waals surface area contributed by atoms with E-state index in [1.165, 1.54) is 36.5 Å². The summed E-state index contributed by atoms with van der Waals surface area (Å²) in [6.07, 6.45) is 1.27. The van der Waals surface area contributed by atoms with E-state index in [-0.39, 0.29) is 18.0 Å². The van der Waals surface area contributed by atoms with E-state index in [9.17, 15) is 19.6 Å². The summed E-state index contributed by atoms with van der Waals surface area (Å²) in [7, 11) is 0. The van der Waals surface area contributed by atoms with Crippen LogP contribution in [0.2, 0.25) is 5.02 Å². The monoisotopic (exact) mass is 360 g/mol. The summed E-state index contributed by atoms with van der Waals surface area (Å²) < 4.78 is 0. The highest BCUT2D eigenvalue weighted by Crippen LogP contribution is 2.25. The molecular formula is C16H13ClN4O4. The molecule has 0 atom stereocenters. The van der Waals surface area contributed by atoms with Crippen LogP contribution in [0.15, 0.2) is 52.7 Å². The maximum Gasteiger partial charge on any atom is 0.259 e. The minimum atomic E-state index is -0.533. The Hall–Kier alpha value is -3.26. The van der Waals surface area contributed by atoms with Crippen LogP contribution in [0.3, 0.4) is 0 Å². The Bertz CT molecular complexity index is 821. The first-order valence-corrected chi connectivity index (χ1v) is 7.39. The third-order valence-electron chi connectivity index (χ3n) is 3.02. The minimum absolute atomic E-state index is 0.0916. The van der Waals surface area contributed by atoms with Crippen molar-refractivity contribution in [3.05, 3.63) is 63.5 Å². The van der Waals surface area contributed by atoms with Crippen LogP contribution < -0.4 is 10.7 Å². The molecule has 0 aromatic heterocycles. The molecular weight excluding hydrogens is 348 g/mol. The molecule has 0 heterocycles. The van der Waals surface area contributed by atoms with Crippen LogP contribution in [0.5, 0.6) is 5.75 Å². The van der Waals surface area contributed by atoms with E-state index in [0.717, 1.165) is 0 Å². The van der Waals surface area contributed by atoms with Gasteiger partial charge >= 0.3 is 0 Å². The molecule has 0 aliphatic heterocycles. The summed E-state index contributed by atoms with van der Waals surface area (Å²) in [6, 6.07) is 10.3. The average molecular weight is 361 g/mol. The van der Waals surface area contributed by atoms with Gasteiger partial charge in [0.1, 0.15) is 11.4 Å². The Labute approximate surface area is 147 Å². The number of halogens is 1. The van der Waals surface area contributed by atoms with E-state index >= 15 is 0 Å². The third-order valence-corrected chi connectivity index (χ3v) is 3.27. The number of benzene rings is 2. The van der Waals surface area contributed by atoms with Crippen molar-refractivity contribution in [2.24, 2.45) is 10.3 Å². The number of phenols is 1. The third kappa shape index (κ3) is 5.40. The van der Waals surface area contributed by atoms with Crippen molar-refractivity contribution >= 4 is 35.3 Å². The van der Waals surface area contributed by atoms with Crippen molar-refractivity contribution in [2.45, 2.75) is 0 Å². The number of nitrogens with one attached hydrogen (secondary N) is 2. The SMILES string of the molecule is O=Nc1ccc(/C=N/NC(=O)CNC(=O)c2ccc(Cl)cc2)cc1O. The molecule has 25 heavy (non-hydrogen) atoms. The molecule has 0 bridgehead atoms. The highest BCUT2D eigenvalue weighted by atomic mass is 35.5. The Balaban J connectivity index is 1.82. The molecule has 8 nitrogen and oxygen atoms in total. The fourth-order valence-electron chi connectivity index (χ4n) is 1.78. The van der Waals surface area contributed by atoms with Gasteiger partial charge in [0.15, 0.2) is 0 Å². The normalized spacial score (nSPS) is 10.4. The smallest absolute Gasteiger partial charge is 0.259 e. The van der Waals surface area contributed by atoms with Crippen LogP contribution in [0.1, 0.15) is 15.9 Å². The molecule has 128 valence electrons. The lowest BCUT2D eigenvalue weighted by molar-refractivity contribution is -0.120. The standard InChI is InChI=1S/C16H13ClN4O4/c17-12-4-2-11(3-5-12)16(24)18-9-15(23)20-19-8-10-1-6-13(21-25)14(22)7-10/h1-8,22H,9H2,(H,18,24)(H,20,23)/b19-8+. The first kappa shape index (κ1) is 18.1. The first-order valence-electron chi connectivity index (χ1n) is 7.01. The maximum atomic E-state index is 11.8. The number of phenolic OH excluding ortho intramolecular Hbond substituents is 1. The Kier molecular flexibility index (Phi) is 6.19. The van der Waals surface area contributed by atoms with Gasteiger partial charge in [-0.15, -0.1) is 4.91 Å². The summed E-state index contributed by atoms with van der Waals surface area (Å²) in [5.41, 5.74) is 2.96. The molecule has 0 saturated carbocycles. The molecule has 0 aliphatic carbocycles. The largest absolute Gasteiger partial charge is 0.506 e. The molecule has 2 aromatic rings. The van der Waals surface area contributed by atoms with Gasteiger partial charge in [0, 0.05) is 10.6 Å². The molecule has 0 radical (unpaired) electrons. The number of hydrogen-bond donors (Lipinski definition) is 3. The number of nitroso groups, excluding NO2 is 1. The van der Waals surface area contributed by atoms with E-state index in [2.05, 4.69) is 21.0 Å². The number of rotatable bonds is 6. The topological polar surface area (TPSA) is 120 Å². The molecule has 9 heteroatoms. The zero-order valence-corrected chi connectivity index (χ0v) is 13.5. The van der Waals surface area contributed by atoms with Crippen LogP contribution in [0.25, 0.3) is 0 Å². The molecule has 2 aromatic carbocycles. The van der Waals surface area contributed by atoms with Gasteiger partial charge in [0.25, 0.3) is 11.8 Å². The van der Waals surface area contributed by atoms with E-state index in [1.807, 2.05) is 0 Å². The molecule has 0 spiro atoms. The van der Waals surface area contributed by atoms with Gasteiger partial charge in [-0.05, 0) is 47.1 Å². The quantitative estimate of drug-likeness (QED) is 0.416. The van der Waals surface area contributed by atoms with Gasteiger partial charge < -0.3 is 10.4 Å². The summed E-state index contributed by atoms with van der Waals surface area (Å²) >= 11 is 5.73. The van der Waals surface area contributed by atoms with Crippen molar-refractivity contribution < 1.29 is 14.7 Å². The van der Waals surface area contributed by atoms with Crippen LogP contribution in [0, 0.1) is 4.91 Å². The first-order chi connectivity index (χ1) is 12.0. The van der Waals surface area contributed by atoms with E-state index in [4.69, 9.17) is 11.6 Å². The van der Waals surface area contributed by atoms with Gasteiger partial charge in [-0.25, -0.2) is 5.43 Å². The highest BCUT2D eigenvalue weighted by Gasteiger charge is 2.07. The number of carbonyl (C=O) groups is 2. The lowest BCUT2D eigenvalue weighted by atomic mass is 10.2. The summed E-state index contributed by atoms with van der Waals surface area (Å²) in [6.45, 7) is -0.266. The average Bonchev–Trinajstić information content (AvgIpc) is 2.60. The fourth-order valence-corrected chi connectivity index (χ4v) is 1.91. The summed E-state index contributed by atoms with van der Waals surface area (Å²) in [5, 5.41) is 18.7. The van der Waals surface area contributed by atoms with E-state index < -0.39 is 11.8 Å². The number of hydrogen-bond acceptors (Lipinski definition) is 6. The zero-order chi connectivity index (χ0) is 18.2. The predicted octanol–water partition coefficient (Wildman–Crippen LogP) is 2.32. The van der Waals surface area contributed by atoms with Gasteiger partial charge in [0.05, 0.1) is 12.8 Å². The van der Waals surface area contributed by atoms with E-state index in [1.54, 1.807) is 12.1 Å². The van der Waals surface area contributed by atoms with Crippen molar-refractivity contribution in [3.63, 3.8) is 0 Å². The molecule has 0 aliphatic rings. The van der Waals surface area contributed by atoms with Crippen LogP contribution >= 0.6 is 11.6 Å². The van der Waals surface area contributed by atoms with Crippen LogP contribution in [-0.2, 0) is 4.79 Å². The number of carbonyl (C=O) groups excluding carboxylic acids is 2. The Morgan fingerprint density at radius 1 is 1.16 bits per heavy atom. The fraction of sp³-hybridized carbons (Fsp3) is 0.0625. The molecule has 0 unspecified atom stereocenters. The predicted molar refractivity (Wildman–Crippen MR) is 93.1 cm³/mol. The molecule has 0 fully saturated rings. The number of nitrogens with zero attached hydrogens (tertiary/aromatic N) is 2. The second-order valence-electron chi connectivity index (χ2n) is 4.82. The zero-order valence-electron chi connectivity index (χ0n) is 12.8.